The van der Waals surface area contributed by atoms with Gasteiger partial charge in [-0.05, 0) is 43.5 Å². The number of hydrogen-bond donors (Lipinski definition) is 0. The lowest BCUT2D eigenvalue weighted by Gasteiger charge is -2.26. The normalized spacial score (nSPS) is 16.1. The van der Waals surface area contributed by atoms with E-state index in [9.17, 15) is 8.42 Å². The molecule has 5 heteroatoms. The smallest absolute Gasteiger partial charge is 0.243 e. The zero-order valence-corrected chi connectivity index (χ0v) is 14.4. The van der Waals surface area contributed by atoms with Crippen molar-refractivity contribution in [2.75, 3.05) is 13.1 Å². The van der Waals surface area contributed by atoms with Gasteiger partial charge in [0.05, 0.1) is 10.4 Å². The minimum Gasteiger partial charge on any atom is -0.256 e. The molecule has 0 bridgehead atoms. The van der Waals surface area contributed by atoms with Crippen LogP contribution in [-0.4, -0.2) is 30.8 Å². The molecule has 0 unspecified atom stereocenters. The number of hydrogen-bond acceptors (Lipinski definition) is 3. The minimum absolute atomic E-state index is 0.383. The molecule has 3 rings (SSSR count). The van der Waals surface area contributed by atoms with E-state index in [1.807, 2.05) is 32.9 Å². The molecule has 0 spiro atoms. The van der Waals surface area contributed by atoms with Gasteiger partial charge < -0.3 is 0 Å². The van der Waals surface area contributed by atoms with Gasteiger partial charge in [0.1, 0.15) is 0 Å². The molecule has 1 aliphatic heterocycles. The summed E-state index contributed by atoms with van der Waals surface area (Å²) in [6.45, 7) is 7.20. The fourth-order valence-corrected chi connectivity index (χ4v) is 4.46. The molecular formula is C17H24N2O2S. The number of fused-ring (bicyclic) bond motifs is 1. The Bertz CT molecular complexity index is 735. The van der Waals surface area contributed by atoms with Gasteiger partial charge in [-0.25, -0.2) is 8.42 Å². The maximum atomic E-state index is 12.8. The number of aromatic nitrogens is 1. The van der Waals surface area contributed by atoms with Crippen molar-refractivity contribution in [2.24, 2.45) is 0 Å². The van der Waals surface area contributed by atoms with E-state index in [1.54, 1.807) is 22.6 Å². The number of aryl methyl sites for hydroxylation is 1. The molecule has 4 nitrogen and oxygen atoms in total. The van der Waals surface area contributed by atoms with Gasteiger partial charge in [0.15, 0.2) is 0 Å². The average molecular weight is 320 g/mol. The standard InChI is InChI=1S/C15H18N2O2S.C2H6/c1-12-7-8-14(13-6-5-9-16-15(12)13)20(18,19)17-10-3-2-4-11-17;1-2/h5-9H,2-4,10-11H2,1H3;1-2H3. The Morgan fingerprint density at radius 2 is 1.73 bits per heavy atom. The lowest BCUT2D eigenvalue weighted by atomic mass is 10.1. The van der Waals surface area contributed by atoms with Crippen molar-refractivity contribution >= 4 is 20.9 Å². The third kappa shape index (κ3) is 3.15. The summed E-state index contributed by atoms with van der Waals surface area (Å²) in [6.07, 6.45) is 4.71. The van der Waals surface area contributed by atoms with E-state index in [1.165, 1.54) is 0 Å². The van der Waals surface area contributed by atoms with Crippen molar-refractivity contribution in [3.63, 3.8) is 0 Å². The molecule has 2 aromatic rings. The molecule has 1 aliphatic rings. The largest absolute Gasteiger partial charge is 0.256 e. The highest BCUT2D eigenvalue weighted by molar-refractivity contribution is 7.89. The first-order chi connectivity index (χ1) is 10.6. The SMILES string of the molecule is CC.Cc1ccc(S(=O)(=O)N2CCCCC2)c2cccnc12. The van der Waals surface area contributed by atoms with Crippen LogP contribution in [0.4, 0.5) is 0 Å². The zero-order valence-electron chi connectivity index (χ0n) is 13.5. The molecule has 0 N–H and O–H groups in total. The first kappa shape index (κ1) is 16.9. The molecule has 0 atom stereocenters. The van der Waals surface area contributed by atoms with E-state index in [4.69, 9.17) is 0 Å². The molecule has 120 valence electrons. The van der Waals surface area contributed by atoms with E-state index < -0.39 is 10.0 Å². The number of piperidine rings is 1. The van der Waals surface area contributed by atoms with Crippen LogP contribution in [0.25, 0.3) is 10.9 Å². The van der Waals surface area contributed by atoms with Crippen molar-refractivity contribution in [1.82, 2.24) is 9.29 Å². The van der Waals surface area contributed by atoms with Crippen LogP contribution in [0.1, 0.15) is 38.7 Å². The van der Waals surface area contributed by atoms with Crippen LogP contribution in [0.3, 0.4) is 0 Å². The van der Waals surface area contributed by atoms with Crippen LogP contribution < -0.4 is 0 Å². The van der Waals surface area contributed by atoms with Gasteiger partial charge in [-0.2, -0.15) is 4.31 Å². The minimum atomic E-state index is -3.41. The molecular weight excluding hydrogens is 296 g/mol. The highest BCUT2D eigenvalue weighted by Gasteiger charge is 2.27. The van der Waals surface area contributed by atoms with Gasteiger partial charge in [0.2, 0.25) is 10.0 Å². The first-order valence-electron chi connectivity index (χ1n) is 7.95. The highest BCUT2D eigenvalue weighted by atomic mass is 32.2. The van der Waals surface area contributed by atoms with Crippen LogP contribution in [0.2, 0.25) is 0 Å². The van der Waals surface area contributed by atoms with E-state index in [2.05, 4.69) is 4.98 Å². The summed E-state index contributed by atoms with van der Waals surface area (Å²) >= 11 is 0. The van der Waals surface area contributed by atoms with Gasteiger partial charge in [0, 0.05) is 24.7 Å². The van der Waals surface area contributed by atoms with Crippen LogP contribution in [0.15, 0.2) is 35.4 Å². The third-order valence-corrected chi connectivity index (χ3v) is 5.82. The molecule has 1 aromatic carbocycles. The van der Waals surface area contributed by atoms with Gasteiger partial charge in [-0.1, -0.05) is 26.3 Å². The van der Waals surface area contributed by atoms with Crippen LogP contribution in [0.5, 0.6) is 0 Å². The molecule has 1 aromatic heterocycles. The monoisotopic (exact) mass is 320 g/mol. The molecule has 0 saturated carbocycles. The van der Waals surface area contributed by atoms with Crippen molar-refractivity contribution < 1.29 is 8.42 Å². The summed E-state index contributed by atoms with van der Waals surface area (Å²) in [4.78, 5) is 4.70. The Labute approximate surface area is 133 Å². The fourth-order valence-electron chi connectivity index (χ4n) is 2.76. The fraction of sp³-hybridized carbons (Fsp3) is 0.471. The van der Waals surface area contributed by atoms with Crippen molar-refractivity contribution in [2.45, 2.75) is 44.9 Å². The number of nitrogens with zero attached hydrogens (tertiary/aromatic N) is 2. The molecule has 0 amide bonds. The molecule has 1 saturated heterocycles. The van der Waals surface area contributed by atoms with Crippen LogP contribution in [0, 0.1) is 6.92 Å². The lowest BCUT2D eigenvalue weighted by Crippen LogP contribution is -2.35. The van der Waals surface area contributed by atoms with Crippen LogP contribution in [-0.2, 0) is 10.0 Å². The number of benzene rings is 1. The second-order valence-electron chi connectivity index (χ2n) is 5.24. The van der Waals surface area contributed by atoms with E-state index in [0.717, 1.165) is 35.7 Å². The van der Waals surface area contributed by atoms with Crippen molar-refractivity contribution in [3.05, 3.63) is 36.0 Å². The second kappa shape index (κ2) is 7.20. The Morgan fingerprint density at radius 3 is 2.41 bits per heavy atom. The van der Waals surface area contributed by atoms with Gasteiger partial charge in [0.25, 0.3) is 0 Å². The van der Waals surface area contributed by atoms with Gasteiger partial charge in [-0.3, -0.25) is 4.98 Å². The molecule has 22 heavy (non-hydrogen) atoms. The van der Waals surface area contributed by atoms with Crippen molar-refractivity contribution in [3.8, 4) is 0 Å². The number of sulfonamides is 1. The molecule has 2 heterocycles. The Balaban J connectivity index is 0.000000847. The molecule has 0 radical (unpaired) electrons. The average Bonchev–Trinajstić information content (AvgIpc) is 2.58. The lowest BCUT2D eigenvalue weighted by molar-refractivity contribution is 0.347. The first-order valence-corrected chi connectivity index (χ1v) is 9.39. The summed E-state index contributed by atoms with van der Waals surface area (Å²) in [5.74, 6) is 0. The summed E-state index contributed by atoms with van der Waals surface area (Å²) in [5, 5.41) is 0.720. The summed E-state index contributed by atoms with van der Waals surface area (Å²) < 4.78 is 27.2. The second-order valence-corrected chi connectivity index (χ2v) is 7.15. The number of pyridine rings is 1. The van der Waals surface area contributed by atoms with E-state index >= 15 is 0 Å². The predicted molar refractivity (Wildman–Crippen MR) is 90.4 cm³/mol. The predicted octanol–water partition coefficient (Wildman–Crippen LogP) is 3.74. The zero-order chi connectivity index (χ0) is 16.2. The summed E-state index contributed by atoms with van der Waals surface area (Å²) in [7, 11) is -3.41. The Hall–Kier alpha value is -1.46. The van der Waals surface area contributed by atoms with Crippen molar-refractivity contribution in [1.29, 1.82) is 0 Å². The maximum absolute atomic E-state index is 12.8. The Kier molecular flexibility index (Phi) is 5.53. The molecule has 0 aliphatic carbocycles. The number of rotatable bonds is 2. The molecule has 1 fully saturated rings. The van der Waals surface area contributed by atoms with E-state index in [-0.39, 0.29) is 0 Å². The van der Waals surface area contributed by atoms with Gasteiger partial charge >= 0.3 is 0 Å². The maximum Gasteiger partial charge on any atom is 0.243 e. The Morgan fingerprint density at radius 1 is 1.05 bits per heavy atom. The van der Waals surface area contributed by atoms with E-state index in [0.29, 0.717) is 18.0 Å². The van der Waals surface area contributed by atoms with Crippen LogP contribution >= 0.6 is 0 Å². The topological polar surface area (TPSA) is 50.3 Å². The summed E-state index contributed by atoms with van der Waals surface area (Å²) in [5.41, 5.74) is 1.77. The quantitative estimate of drug-likeness (QED) is 0.847. The van der Waals surface area contributed by atoms with Gasteiger partial charge in [-0.15, -0.1) is 0 Å². The summed E-state index contributed by atoms with van der Waals surface area (Å²) in [6, 6.07) is 7.18. The highest BCUT2D eigenvalue weighted by Crippen LogP contribution is 2.28. The third-order valence-electron chi connectivity index (χ3n) is 3.86.